The van der Waals surface area contributed by atoms with Crippen LogP contribution in [0.3, 0.4) is 0 Å². The fourth-order valence-corrected chi connectivity index (χ4v) is 8.47. The average Bonchev–Trinajstić information content (AvgIpc) is 3.26. The average molecular weight is 587 g/mol. The number of aryl methyl sites for hydroxylation is 1. The van der Waals surface area contributed by atoms with Gasteiger partial charge < -0.3 is 25.2 Å². The number of phenolic OH excluding ortho intramolecular Hbond substituents is 1. The van der Waals surface area contributed by atoms with Crippen molar-refractivity contribution >= 4 is 11.6 Å². The van der Waals surface area contributed by atoms with Crippen molar-refractivity contribution in [2.24, 2.45) is 17.3 Å². The monoisotopic (exact) mass is 586 g/mol. The van der Waals surface area contributed by atoms with E-state index in [9.17, 15) is 28.2 Å². The van der Waals surface area contributed by atoms with E-state index in [0.717, 1.165) is 62.4 Å². The predicted octanol–water partition coefficient (Wildman–Crippen LogP) is 6.50. The molecular weight excluding hydrogens is 545 g/mol. The molecule has 228 valence electrons. The Bertz CT molecular complexity index is 1310. The van der Waals surface area contributed by atoms with Crippen molar-refractivity contribution < 1.29 is 32.9 Å². The molecule has 0 aromatic heterocycles. The molecule has 3 N–H and O–H groups in total. The predicted molar refractivity (Wildman–Crippen MR) is 154 cm³/mol. The summed E-state index contributed by atoms with van der Waals surface area (Å²) in [6, 6.07) is 9.17. The van der Waals surface area contributed by atoms with Crippen LogP contribution in [0.2, 0.25) is 0 Å². The van der Waals surface area contributed by atoms with Gasteiger partial charge in [-0.15, -0.1) is 0 Å². The molecule has 1 aliphatic heterocycles. The number of ether oxygens (including phenoxy) is 1. The van der Waals surface area contributed by atoms with Gasteiger partial charge in [-0.2, -0.15) is 13.2 Å². The smallest absolute Gasteiger partial charge is 0.418 e. The molecule has 1 heterocycles. The molecule has 3 fully saturated rings. The van der Waals surface area contributed by atoms with Gasteiger partial charge in [0.1, 0.15) is 17.6 Å². The summed E-state index contributed by atoms with van der Waals surface area (Å²) >= 11 is 0. The highest BCUT2D eigenvalue weighted by Crippen LogP contribution is 2.61. The third-order valence-electron chi connectivity index (χ3n) is 10.6. The van der Waals surface area contributed by atoms with E-state index >= 15 is 0 Å². The summed E-state index contributed by atoms with van der Waals surface area (Å²) in [7, 11) is 0. The maximum absolute atomic E-state index is 14.3. The Morgan fingerprint density at radius 2 is 1.88 bits per heavy atom. The number of benzene rings is 2. The Morgan fingerprint density at radius 3 is 2.64 bits per heavy atom. The molecule has 2 aromatic rings. The van der Waals surface area contributed by atoms with E-state index in [2.05, 4.69) is 17.1 Å². The Kier molecular flexibility index (Phi) is 7.94. The molecule has 6 rings (SSSR count). The van der Waals surface area contributed by atoms with Gasteiger partial charge in [-0.05, 0) is 111 Å². The van der Waals surface area contributed by atoms with Crippen molar-refractivity contribution in [2.75, 3.05) is 25.0 Å². The van der Waals surface area contributed by atoms with Gasteiger partial charge >= 0.3 is 6.18 Å². The van der Waals surface area contributed by atoms with Crippen molar-refractivity contribution in [1.82, 2.24) is 4.90 Å². The molecule has 9 heteroatoms. The number of carbonyl (C=O) groups excluding carboxylic acids is 1. The number of halogens is 3. The first-order valence-corrected chi connectivity index (χ1v) is 15.4. The second-order valence-corrected chi connectivity index (χ2v) is 13.1. The number of amides is 1. The molecule has 42 heavy (non-hydrogen) atoms. The lowest BCUT2D eigenvalue weighted by Gasteiger charge is -2.53. The normalized spacial score (nSPS) is 31.1. The molecular formula is C33H41F3N2O4. The zero-order valence-electron chi connectivity index (χ0n) is 24.1. The highest BCUT2D eigenvalue weighted by atomic mass is 19.4. The van der Waals surface area contributed by atoms with E-state index < -0.39 is 29.9 Å². The molecule has 0 radical (unpaired) electrons. The number of piperidine rings is 1. The van der Waals surface area contributed by atoms with Crippen LogP contribution in [0.25, 0.3) is 0 Å². The highest BCUT2D eigenvalue weighted by Gasteiger charge is 2.58. The maximum atomic E-state index is 14.3. The number of carbonyl (C=O) groups is 1. The Labute approximate surface area is 245 Å². The summed E-state index contributed by atoms with van der Waals surface area (Å²) in [6.07, 6.45) is 1.70. The molecule has 1 saturated heterocycles. The molecule has 0 unspecified atom stereocenters. The Hall–Kier alpha value is -2.78. The molecule has 6 atom stereocenters. The van der Waals surface area contributed by atoms with E-state index in [1.807, 2.05) is 6.07 Å². The quantitative estimate of drug-likeness (QED) is 0.360. The molecule has 4 aliphatic rings. The molecule has 3 aliphatic carbocycles. The van der Waals surface area contributed by atoms with Crippen LogP contribution >= 0.6 is 0 Å². The van der Waals surface area contributed by atoms with Gasteiger partial charge in [0.25, 0.3) is 0 Å². The van der Waals surface area contributed by atoms with Crippen LogP contribution in [0.5, 0.6) is 11.5 Å². The third kappa shape index (κ3) is 5.62. The first-order valence-electron chi connectivity index (χ1n) is 15.4. The fourth-order valence-electron chi connectivity index (χ4n) is 8.47. The Balaban J connectivity index is 1.26. The summed E-state index contributed by atoms with van der Waals surface area (Å²) in [6.45, 7) is 4.46. The largest absolute Gasteiger partial charge is 0.508 e. The van der Waals surface area contributed by atoms with Gasteiger partial charge in [-0.25, -0.2) is 0 Å². The van der Waals surface area contributed by atoms with Crippen LogP contribution in [0.4, 0.5) is 18.9 Å². The number of aliphatic hydroxyl groups excluding tert-OH is 1. The highest BCUT2D eigenvalue weighted by molar-refractivity contribution is 5.91. The van der Waals surface area contributed by atoms with E-state index in [1.165, 1.54) is 18.6 Å². The SMILES string of the molecule is C[C@]12C[C@H](Oc3ccc(NC(=O)CCN4CCCCC4)c(C(F)(F)F)c3)[C@@H]3c4ccc(O)cc4CC[C@H]3[C@@H]1CC[C@@H]2O. The van der Waals surface area contributed by atoms with Crippen molar-refractivity contribution in [3.8, 4) is 11.5 Å². The molecule has 2 saturated carbocycles. The zero-order valence-corrected chi connectivity index (χ0v) is 24.1. The molecule has 0 spiro atoms. The van der Waals surface area contributed by atoms with Crippen LogP contribution in [0.15, 0.2) is 36.4 Å². The number of phenols is 1. The number of aromatic hydroxyl groups is 1. The van der Waals surface area contributed by atoms with Gasteiger partial charge in [-0.3, -0.25) is 4.79 Å². The van der Waals surface area contributed by atoms with Crippen molar-refractivity contribution in [1.29, 1.82) is 0 Å². The molecule has 1 amide bonds. The number of anilines is 1. The van der Waals surface area contributed by atoms with Crippen LogP contribution in [-0.2, 0) is 17.4 Å². The van der Waals surface area contributed by atoms with Gasteiger partial charge in [-0.1, -0.05) is 19.4 Å². The van der Waals surface area contributed by atoms with Gasteiger partial charge in [0.05, 0.1) is 17.4 Å². The summed E-state index contributed by atoms with van der Waals surface area (Å²) in [4.78, 5) is 14.8. The fraction of sp³-hybridized carbons (Fsp3) is 0.606. The number of fused-ring (bicyclic) bond motifs is 5. The number of likely N-dealkylation sites (tertiary alicyclic amines) is 1. The topological polar surface area (TPSA) is 82.0 Å². The van der Waals surface area contributed by atoms with Crippen LogP contribution in [0, 0.1) is 17.3 Å². The summed E-state index contributed by atoms with van der Waals surface area (Å²) in [5, 5.41) is 23.6. The number of alkyl halides is 3. The third-order valence-corrected chi connectivity index (χ3v) is 10.6. The molecule has 2 aromatic carbocycles. The number of nitrogens with zero attached hydrogens (tertiary/aromatic N) is 1. The standard InChI is InChI=1S/C33H41F3N2O4/c1-32-19-28(31-23-9-6-21(39)17-20(23)5-8-24(31)25(32)10-12-29(32)40)42-22-7-11-27(26(18-22)33(34,35)36)37-30(41)13-16-38-14-3-2-4-15-38/h6-7,9,11,17-18,24-25,28-29,31,39-40H,2-5,8,10,12-16,19H2,1H3,(H,37,41)/t24-,25-,28-,29-,31+,32-/m0/s1. The molecule has 6 nitrogen and oxygen atoms in total. The Morgan fingerprint density at radius 1 is 1.10 bits per heavy atom. The van der Waals surface area contributed by atoms with Gasteiger partial charge in [0.2, 0.25) is 5.91 Å². The van der Waals surface area contributed by atoms with Crippen molar-refractivity contribution in [3.63, 3.8) is 0 Å². The number of rotatable bonds is 6. The minimum absolute atomic E-state index is 0.0544. The lowest BCUT2D eigenvalue weighted by molar-refractivity contribution is -0.137. The van der Waals surface area contributed by atoms with Crippen molar-refractivity contribution in [2.45, 2.75) is 89.0 Å². The first-order chi connectivity index (χ1) is 20.0. The van der Waals surface area contributed by atoms with Crippen LogP contribution < -0.4 is 10.1 Å². The minimum Gasteiger partial charge on any atom is -0.508 e. The maximum Gasteiger partial charge on any atom is 0.418 e. The van der Waals surface area contributed by atoms with Crippen LogP contribution in [0.1, 0.15) is 80.9 Å². The zero-order chi connectivity index (χ0) is 29.6. The number of nitrogens with one attached hydrogen (secondary N) is 1. The second-order valence-electron chi connectivity index (χ2n) is 13.1. The second kappa shape index (κ2) is 11.4. The molecule has 0 bridgehead atoms. The first kappa shape index (κ1) is 29.3. The number of aliphatic hydroxyl groups is 1. The number of hydrogen-bond donors (Lipinski definition) is 3. The van der Waals surface area contributed by atoms with E-state index in [1.54, 1.807) is 12.1 Å². The van der Waals surface area contributed by atoms with Crippen molar-refractivity contribution in [3.05, 3.63) is 53.1 Å². The number of hydrogen-bond acceptors (Lipinski definition) is 5. The van der Waals surface area contributed by atoms with Crippen LogP contribution in [-0.4, -0.2) is 52.9 Å². The summed E-state index contributed by atoms with van der Waals surface area (Å²) in [5.74, 6) is 0.325. The lowest BCUT2D eigenvalue weighted by atomic mass is 9.54. The van der Waals surface area contributed by atoms with E-state index in [0.29, 0.717) is 25.3 Å². The summed E-state index contributed by atoms with van der Waals surface area (Å²) in [5.41, 5.74) is 0.543. The van der Waals surface area contributed by atoms with E-state index in [4.69, 9.17) is 4.74 Å². The van der Waals surface area contributed by atoms with E-state index in [-0.39, 0.29) is 40.9 Å². The summed E-state index contributed by atoms with van der Waals surface area (Å²) < 4.78 is 49.2. The van der Waals surface area contributed by atoms with Gasteiger partial charge in [0, 0.05) is 24.3 Å². The van der Waals surface area contributed by atoms with Gasteiger partial charge in [0.15, 0.2) is 0 Å². The minimum atomic E-state index is -4.68. The lowest BCUT2D eigenvalue weighted by Crippen LogP contribution is -2.51.